The molecule has 0 atom stereocenters. The minimum absolute atomic E-state index is 0.327. The fourth-order valence-corrected chi connectivity index (χ4v) is 2.53. The van der Waals surface area contributed by atoms with Crippen molar-refractivity contribution in [1.29, 1.82) is 0 Å². The first-order valence-electron chi connectivity index (χ1n) is 5.92. The molecule has 19 heavy (non-hydrogen) atoms. The summed E-state index contributed by atoms with van der Waals surface area (Å²) in [7, 11) is 0. The van der Waals surface area contributed by atoms with Crippen LogP contribution >= 0.6 is 22.6 Å². The van der Waals surface area contributed by atoms with Crippen LogP contribution in [0.4, 0.5) is 0 Å². The van der Waals surface area contributed by atoms with Gasteiger partial charge in [-0.3, -0.25) is 0 Å². The highest BCUT2D eigenvalue weighted by Crippen LogP contribution is 2.45. The van der Waals surface area contributed by atoms with E-state index in [0.717, 1.165) is 22.3 Å². The van der Waals surface area contributed by atoms with Crippen LogP contribution in [0.5, 0.6) is 0 Å². The smallest absolute Gasteiger partial charge is 0.344 e. The molecule has 3 rings (SSSR count). The standard InChI is InChI=1S/C16H11IO2/c1-10(17)16(18)19-15-13-8-4-2-6-11(13)12-7-3-5-9-14(12)15/h2-9,15H,1H2. The van der Waals surface area contributed by atoms with Crippen molar-refractivity contribution < 1.29 is 9.53 Å². The number of carbonyl (C=O) groups excluding carboxylic acids is 1. The molecule has 2 nitrogen and oxygen atoms in total. The number of hydrogen-bond acceptors (Lipinski definition) is 2. The molecule has 0 fully saturated rings. The van der Waals surface area contributed by atoms with Crippen molar-refractivity contribution in [2.45, 2.75) is 6.10 Å². The van der Waals surface area contributed by atoms with Gasteiger partial charge in [0.1, 0.15) is 0 Å². The molecule has 0 aliphatic heterocycles. The van der Waals surface area contributed by atoms with Gasteiger partial charge in [-0.25, -0.2) is 4.79 Å². The zero-order valence-corrected chi connectivity index (χ0v) is 12.3. The van der Waals surface area contributed by atoms with Gasteiger partial charge in [-0.1, -0.05) is 55.1 Å². The minimum Gasteiger partial charge on any atom is -0.449 e. The summed E-state index contributed by atoms with van der Waals surface area (Å²) in [4.78, 5) is 11.8. The van der Waals surface area contributed by atoms with Crippen molar-refractivity contribution in [3.63, 3.8) is 0 Å². The molecular weight excluding hydrogens is 351 g/mol. The third kappa shape index (κ3) is 2.08. The largest absolute Gasteiger partial charge is 0.449 e. The quantitative estimate of drug-likeness (QED) is 0.454. The van der Waals surface area contributed by atoms with E-state index in [2.05, 4.69) is 18.7 Å². The van der Waals surface area contributed by atoms with Crippen molar-refractivity contribution in [1.82, 2.24) is 0 Å². The van der Waals surface area contributed by atoms with E-state index < -0.39 is 0 Å². The minimum atomic E-state index is -0.364. The highest BCUT2D eigenvalue weighted by atomic mass is 127. The fourth-order valence-electron chi connectivity index (χ4n) is 2.41. The summed E-state index contributed by atoms with van der Waals surface area (Å²) >= 11 is 1.89. The average molecular weight is 362 g/mol. The van der Waals surface area contributed by atoms with Gasteiger partial charge in [0.15, 0.2) is 6.10 Å². The predicted molar refractivity (Wildman–Crippen MR) is 83.0 cm³/mol. The maximum atomic E-state index is 11.8. The summed E-state index contributed by atoms with van der Waals surface area (Å²) in [5.41, 5.74) is 4.34. The Morgan fingerprint density at radius 2 is 1.47 bits per heavy atom. The van der Waals surface area contributed by atoms with Crippen molar-refractivity contribution in [3.8, 4) is 11.1 Å². The Morgan fingerprint density at radius 3 is 1.95 bits per heavy atom. The molecule has 0 spiro atoms. The molecule has 3 heteroatoms. The zero-order valence-electron chi connectivity index (χ0n) is 10.1. The number of ether oxygens (including phenoxy) is 1. The van der Waals surface area contributed by atoms with Crippen molar-refractivity contribution in [2.75, 3.05) is 0 Å². The Labute approximate surface area is 125 Å². The molecule has 0 amide bonds. The summed E-state index contributed by atoms with van der Waals surface area (Å²) in [5.74, 6) is -0.364. The maximum Gasteiger partial charge on any atom is 0.344 e. The van der Waals surface area contributed by atoms with E-state index in [1.807, 2.05) is 59.0 Å². The summed E-state index contributed by atoms with van der Waals surface area (Å²) in [6.45, 7) is 3.62. The van der Waals surface area contributed by atoms with Crippen LogP contribution in [0.3, 0.4) is 0 Å². The number of rotatable bonds is 2. The number of hydrogen-bond donors (Lipinski definition) is 0. The topological polar surface area (TPSA) is 26.3 Å². The third-order valence-electron chi connectivity index (χ3n) is 3.22. The van der Waals surface area contributed by atoms with Gasteiger partial charge in [-0.2, -0.15) is 0 Å². The lowest BCUT2D eigenvalue weighted by Crippen LogP contribution is -2.10. The van der Waals surface area contributed by atoms with Crippen LogP contribution < -0.4 is 0 Å². The lowest BCUT2D eigenvalue weighted by atomic mass is 10.1. The highest BCUT2D eigenvalue weighted by molar-refractivity contribution is 14.1. The molecule has 0 radical (unpaired) electrons. The van der Waals surface area contributed by atoms with Gasteiger partial charge in [0.25, 0.3) is 0 Å². The molecule has 0 unspecified atom stereocenters. The van der Waals surface area contributed by atoms with E-state index >= 15 is 0 Å². The average Bonchev–Trinajstić information content (AvgIpc) is 2.74. The molecule has 94 valence electrons. The Kier molecular flexibility index (Phi) is 3.14. The van der Waals surface area contributed by atoms with Crippen LogP contribution in [-0.4, -0.2) is 5.97 Å². The maximum absolute atomic E-state index is 11.8. The lowest BCUT2D eigenvalue weighted by Gasteiger charge is -2.14. The second-order valence-corrected chi connectivity index (χ2v) is 5.67. The molecule has 0 N–H and O–H groups in total. The molecule has 0 heterocycles. The highest BCUT2D eigenvalue weighted by Gasteiger charge is 2.31. The van der Waals surface area contributed by atoms with Gasteiger partial charge < -0.3 is 4.74 Å². The van der Waals surface area contributed by atoms with Crippen LogP contribution in [0.1, 0.15) is 17.2 Å². The van der Waals surface area contributed by atoms with Crippen LogP contribution in [0.25, 0.3) is 11.1 Å². The number of carbonyl (C=O) groups is 1. The van der Waals surface area contributed by atoms with E-state index in [1.54, 1.807) is 0 Å². The molecule has 0 saturated carbocycles. The normalized spacial score (nSPS) is 12.7. The van der Waals surface area contributed by atoms with E-state index in [1.165, 1.54) is 0 Å². The monoisotopic (exact) mass is 362 g/mol. The Morgan fingerprint density at radius 1 is 1.00 bits per heavy atom. The summed E-state index contributed by atoms with van der Waals surface area (Å²) < 4.78 is 5.97. The van der Waals surface area contributed by atoms with Crippen LogP contribution in [-0.2, 0) is 9.53 Å². The number of esters is 1. The van der Waals surface area contributed by atoms with Gasteiger partial charge in [0.05, 0.1) is 3.58 Å². The van der Waals surface area contributed by atoms with Gasteiger partial charge >= 0.3 is 5.97 Å². The first-order valence-corrected chi connectivity index (χ1v) is 7.00. The van der Waals surface area contributed by atoms with Crippen molar-refractivity contribution >= 4 is 28.6 Å². The summed E-state index contributed by atoms with van der Waals surface area (Å²) in [6.07, 6.45) is -0.327. The summed E-state index contributed by atoms with van der Waals surface area (Å²) in [5, 5.41) is 0. The molecule has 1 aliphatic carbocycles. The fraction of sp³-hybridized carbons (Fsp3) is 0.0625. The van der Waals surface area contributed by atoms with Gasteiger partial charge in [-0.05, 0) is 33.7 Å². The molecule has 2 aromatic rings. The van der Waals surface area contributed by atoms with E-state index in [9.17, 15) is 4.79 Å². The van der Waals surface area contributed by atoms with Crippen LogP contribution in [0.2, 0.25) is 0 Å². The molecule has 0 bridgehead atoms. The third-order valence-corrected chi connectivity index (χ3v) is 3.66. The first-order chi connectivity index (χ1) is 9.18. The van der Waals surface area contributed by atoms with Crippen LogP contribution in [0, 0.1) is 0 Å². The Hall–Kier alpha value is -1.62. The predicted octanol–water partition coefficient (Wildman–Crippen LogP) is 4.25. The summed E-state index contributed by atoms with van der Waals surface area (Å²) in [6, 6.07) is 16.0. The van der Waals surface area contributed by atoms with E-state index in [4.69, 9.17) is 4.74 Å². The SMILES string of the molecule is C=C(I)C(=O)OC1c2ccccc2-c2ccccc21. The second kappa shape index (κ2) is 4.81. The van der Waals surface area contributed by atoms with Gasteiger partial charge in [-0.15, -0.1) is 0 Å². The number of benzene rings is 2. The molecular formula is C16H11IO2. The lowest BCUT2D eigenvalue weighted by molar-refractivity contribution is -0.141. The van der Waals surface area contributed by atoms with Crippen molar-refractivity contribution in [3.05, 3.63) is 69.8 Å². The number of halogens is 1. The number of fused-ring (bicyclic) bond motifs is 3. The van der Waals surface area contributed by atoms with Gasteiger partial charge in [0.2, 0.25) is 0 Å². The molecule has 0 saturated heterocycles. The van der Waals surface area contributed by atoms with Crippen LogP contribution in [0.15, 0.2) is 58.7 Å². The van der Waals surface area contributed by atoms with Gasteiger partial charge in [0, 0.05) is 11.1 Å². The molecule has 0 aromatic heterocycles. The van der Waals surface area contributed by atoms with Crippen molar-refractivity contribution in [2.24, 2.45) is 0 Å². The van der Waals surface area contributed by atoms with E-state index in [0.29, 0.717) is 3.58 Å². The Bertz CT molecular complexity index is 630. The second-order valence-electron chi connectivity index (χ2n) is 4.36. The molecule has 2 aromatic carbocycles. The zero-order chi connectivity index (χ0) is 13.4. The molecule has 1 aliphatic rings. The van der Waals surface area contributed by atoms with E-state index in [-0.39, 0.29) is 12.1 Å². The Balaban J connectivity index is 2.10. The first kappa shape index (κ1) is 12.4.